The van der Waals surface area contributed by atoms with Crippen molar-refractivity contribution in [2.75, 3.05) is 36.6 Å². The number of anilines is 2. The molecule has 2 aliphatic heterocycles. The minimum absolute atomic E-state index is 0.0314. The average molecular weight is 571 g/mol. The quantitative estimate of drug-likeness (QED) is 0.385. The van der Waals surface area contributed by atoms with Crippen LogP contribution in [0.25, 0.3) is 22.6 Å². The van der Waals surface area contributed by atoms with Gasteiger partial charge in [-0.2, -0.15) is 4.39 Å². The number of carboxylic acid groups (broad SMARTS) is 1. The van der Waals surface area contributed by atoms with Gasteiger partial charge in [0, 0.05) is 50.9 Å². The van der Waals surface area contributed by atoms with Gasteiger partial charge in [-0.1, -0.05) is 11.3 Å². The number of furan rings is 1. The minimum atomic E-state index is -1.06. The van der Waals surface area contributed by atoms with E-state index in [1.165, 1.54) is 11.9 Å². The summed E-state index contributed by atoms with van der Waals surface area (Å²) in [5, 5.41) is 8.98. The maximum atomic E-state index is 15.3. The van der Waals surface area contributed by atoms with Gasteiger partial charge in [-0.05, 0) is 56.7 Å². The molecule has 0 aliphatic carbocycles. The molecule has 2 fully saturated rings. The number of carbonyl (C=O) groups excluding carboxylic acids is 2. The van der Waals surface area contributed by atoms with E-state index in [0.29, 0.717) is 61.1 Å². The number of pyridine rings is 1. The molecule has 3 aromatic rings. The lowest BCUT2D eigenvalue weighted by molar-refractivity contribution is -0.141. The molecule has 1 N–H and O–H groups in total. The Labute approximate surface area is 234 Å². The fourth-order valence-corrected chi connectivity index (χ4v) is 6.09. The van der Waals surface area contributed by atoms with Gasteiger partial charge >= 0.3 is 5.97 Å². The first-order valence-electron chi connectivity index (χ1n) is 13.3. The van der Waals surface area contributed by atoms with E-state index in [4.69, 9.17) is 9.15 Å². The number of carboxylic acids is 1. The zero-order valence-electron chi connectivity index (χ0n) is 22.4. The third kappa shape index (κ3) is 5.92. The van der Waals surface area contributed by atoms with Crippen molar-refractivity contribution in [3.8, 4) is 22.6 Å². The number of thiazole rings is 1. The molecule has 10 nitrogen and oxygen atoms in total. The Hall–Kier alpha value is -3.64. The van der Waals surface area contributed by atoms with E-state index in [2.05, 4.69) is 9.97 Å². The third-order valence-electron chi connectivity index (χ3n) is 7.39. The van der Waals surface area contributed by atoms with Crippen molar-refractivity contribution in [1.82, 2.24) is 9.97 Å². The van der Waals surface area contributed by atoms with Crippen LogP contribution in [-0.4, -0.2) is 59.7 Å². The SMILES string of the molecule is Cc1cc(-c2nc(N(C)C(=O)C(CC(=O)O)CC3CCOCC3)sc2F)c(-c2ccc(N3CCCC3=O)nc2)o1. The van der Waals surface area contributed by atoms with E-state index in [9.17, 15) is 19.5 Å². The van der Waals surface area contributed by atoms with Crippen LogP contribution >= 0.6 is 11.3 Å². The largest absolute Gasteiger partial charge is 0.481 e. The zero-order valence-corrected chi connectivity index (χ0v) is 23.2. The van der Waals surface area contributed by atoms with Crippen LogP contribution in [-0.2, 0) is 19.1 Å². The van der Waals surface area contributed by atoms with E-state index < -0.39 is 22.9 Å². The molecule has 2 saturated heterocycles. The number of hydrogen-bond acceptors (Lipinski definition) is 8. The lowest BCUT2D eigenvalue weighted by Crippen LogP contribution is -2.35. The van der Waals surface area contributed by atoms with Crippen LogP contribution in [0.15, 0.2) is 28.8 Å². The fourth-order valence-electron chi connectivity index (χ4n) is 5.31. The topological polar surface area (TPSA) is 126 Å². The Bertz CT molecular complexity index is 1400. The highest BCUT2D eigenvalue weighted by molar-refractivity contribution is 7.14. The molecule has 0 aromatic carbocycles. The Kier molecular flexibility index (Phi) is 8.27. The van der Waals surface area contributed by atoms with Crippen molar-refractivity contribution in [3.63, 3.8) is 0 Å². The van der Waals surface area contributed by atoms with Crippen LogP contribution in [0.3, 0.4) is 0 Å². The van der Waals surface area contributed by atoms with Crippen molar-refractivity contribution in [1.29, 1.82) is 0 Å². The van der Waals surface area contributed by atoms with Gasteiger partial charge in [0.15, 0.2) is 5.13 Å². The molecular formula is C28H31FN4O6S. The molecule has 5 heterocycles. The van der Waals surface area contributed by atoms with E-state index in [1.54, 1.807) is 36.2 Å². The van der Waals surface area contributed by atoms with E-state index in [0.717, 1.165) is 30.6 Å². The molecule has 0 spiro atoms. The molecule has 2 amide bonds. The number of rotatable bonds is 9. The van der Waals surface area contributed by atoms with E-state index in [1.807, 2.05) is 0 Å². The van der Waals surface area contributed by atoms with Crippen LogP contribution in [0, 0.1) is 23.9 Å². The maximum Gasteiger partial charge on any atom is 0.304 e. The summed E-state index contributed by atoms with van der Waals surface area (Å²) in [6.07, 6.45) is 4.54. The Balaban J connectivity index is 1.39. The molecule has 0 radical (unpaired) electrons. The van der Waals surface area contributed by atoms with Gasteiger partial charge in [-0.15, -0.1) is 0 Å². The summed E-state index contributed by atoms with van der Waals surface area (Å²) >= 11 is 0.719. The molecule has 212 valence electrons. The molecule has 12 heteroatoms. The summed E-state index contributed by atoms with van der Waals surface area (Å²) < 4.78 is 26.6. The van der Waals surface area contributed by atoms with Crippen LogP contribution in [0.4, 0.5) is 15.3 Å². The highest BCUT2D eigenvalue weighted by Gasteiger charge is 2.32. The van der Waals surface area contributed by atoms with Gasteiger partial charge in [0.2, 0.25) is 16.9 Å². The third-order valence-corrected chi connectivity index (χ3v) is 8.31. The standard InChI is InChI=1S/C28H31FN4O6S/c1-16-12-20(25(39-16)18-5-6-21(30-15-18)33-9-3-4-22(33)34)24-26(29)40-28(31-24)32(2)27(37)19(14-23(35)36)13-17-7-10-38-11-8-17/h5-6,12,15,17,19H,3-4,7-11,13-14H2,1-2H3,(H,35,36). The number of carbonyl (C=O) groups is 3. The van der Waals surface area contributed by atoms with Crippen molar-refractivity contribution >= 4 is 40.1 Å². The van der Waals surface area contributed by atoms with Gasteiger partial charge in [0.25, 0.3) is 0 Å². The number of halogens is 1. The Morgan fingerprint density at radius 1 is 1.30 bits per heavy atom. The highest BCUT2D eigenvalue weighted by atomic mass is 32.1. The summed E-state index contributed by atoms with van der Waals surface area (Å²) in [7, 11) is 1.49. The summed E-state index contributed by atoms with van der Waals surface area (Å²) in [5.74, 6) is -0.527. The molecule has 40 heavy (non-hydrogen) atoms. The lowest BCUT2D eigenvalue weighted by atomic mass is 9.86. The molecule has 2 aliphatic rings. The molecule has 3 aromatic heterocycles. The molecule has 1 unspecified atom stereocenters. The first-order chi connectivity index (χ1) is 19.2. The van der Waals surface area contributed by atoms with Crippen LogP contribution in [0.2, 0.25) is 0 Å². The van der Waals surface area contributed by atoms with Crippen molar-refractivity contribution in [2.45, 2.75) is 45.4 Å². The van der Waals surface area contributed by atoms with Crippen molar-refractivity contribution in [2.24, 2.45) is 11.8 Å². The Morgan fingerprint density at radius 3 is 2.73 bits per heavy atom. The summed E-state index contributed by atoms with van der Waals surface area (Å²) in [5.41, 5.74) is 1.04. The monoisotopic (exact) mass is 570 g/mol. The first kappa shape index (κ1) is 27.9. The Morgan fingerprint density at radius 2 is 2.08 bits per heavy atom. The number of aryl methyl sites for hydroxylation is 1. The molecule has 5 rings (SSSR count). The van der Waals surface area contributed by atoms with Crippen LogP contribution in [0.5, 0.6) is 0 Å². The van der Waals surface area contributed by atoms with Crippen LogP contribution < -0.4 is 9.80 Å². The maximum absolute atomic E-state index is 15.3. The van der Waals surface area contributed by atoms with Gasteiger partial charge in [-0.3, -0.25) is 24.2 Å². The lowest BCUT2D eigenvalue weighted by Gasteiger charge is -2.27. The number of amides is 2. The smallest absolute Gasteiger partial charge is 0.304 e. The number of aliphatic carboxylic acids is 1. The summed E-state index contributed by atoms with van der Waals surface area (Å²) in [4.78, 5) is 48.8. The van der Waals surface area contributed by atoms with Gasteiger partial charge in [0.1, 0.15) is 23.0 Å². The normalized spacial score (nSPS) is 16.9. The highest BCUT2D eigenvalue weighted by Crippen LogP contribution is 2.40. The van der Waals surface area contributed by atoms with Gasteiger partial charge in [-0.25, -0.2) is 9.97 Å². The predicted octanol–water partition coefficient (Wildman–Crippen LogP) is 4.91. The molecule has 0 bridgehead atoms. The predicted molar refractivity (Wildman–Crippen MR) is 147 cm³/mol. The van der Waals surface area contributed by atoms with Crippen molar-refractivity contribution in [3.05, 3.63) is 35.3 Å². The summed E-state index contributed by atoms with van der Waals surface area (Å²) in [6, 6.07) is 5.18. The summed E-state index contributed by atoms with van der Waals surface area (Å²) in [6.45, 7) is 3.55. The number of hydrogen-bond donors (Lipinski definition) is 1. The zero-order chi connectivity index (χ0) is 28.4. The van der Waals surface area contributed by atoms with Gasteiger partial charge in [0.05, 0.1) is 12.0 Å². The first-order valence-corrected chi connectivity index (χ1v) is 14.1. The average Bonchev–Trinajstić information content (AvgIpc) is 3.65. The van der Waals surface area contributed by atoms with Gasteiger partial charge < -0.3 is 14.3 Å². The molecule has 0 saturated carbocycles. The molecular weight excluding hydrogens is 539 g/mol. The molecule has 1 atom stereocenters. The second-order valence-electron chi connectivity index (χ2n) is 10.3. The minimum Gasteiger partial charge on any atom is -0.481 e. The fraction of sp³-hybridized carbons (Fsp3) is 0.464. The second-order valence-corrected chi connectivity index (χ2v) is 11.2. The number of aromatic nitrogens is 2. The number of nitrogens with zero attached hydrogens (tertiary/aromatic N) is 4. The van der Waals surface area contributed by atoms with Crippen molar-refractivity contribution < 1.29 is 33.0 Å². The number of ether oxygens (including phenoxy) is 1. The van der Waals surface area contributed by atoms with E-state index in [-0.39, 0.29) is 29.1 Å². The second kappa shape index (κ2) is 11.8. The van der Waals surface area contributed by atoms with Crippen LogP contribution in [0.1, 0.15) is 44.3 Å². The van der Waals surface area contributed by atoms with E-state index >= 15 is 4.39 Å².